The normalized spacial score (nSPS) is 18.9. The number of nitrogens with one attached hydrogen (secondary N) is 2. The van der Waals surface area contributed by atoms with Crippen LogP contribution in [0, 0.1) is 5.41 Å². The highest BCUT2D eigenvalue weighted by Crippen LogP contribution is 2.37. The maximum Gasteiger partial charge on any atom is 0.505 e. The number of hydrogen-bond acceptors (Lipinski definition) is 5. The number of thiophene rings is 1. The molecule has 3 N–H and O–H groups in total. The summed E-state index contributed by atoms with van der Waals surface area (Å²) >= 11 is 1.32. The minimum Gasteiger partial charge on any atom is -0.465 e. The maximum atomic E-state index is 13.3. The molecule has 0 radical (unpaired) electrons. The fraction of sp³-hybridized carbons (Fsp3) is 0.520. The molecule has 0 bridgehead atoms. The van der Waals surface area contributed by atoms with Crippen LogP contribution in [0.5, 0.6) is 0 Å². The zero-order valence-corrected chi connectivity index (χ0v) is 21.8. The van der Waals surface area contributed by atoms with Gasteiger partial charge in [0.25, 0.3) is 5.91 Å². The maximum absolute atomic E-state index is 13.3. The summed E-state index contributed by atoms with van der Waals surface area (Å²) in [5, 5.41) is 15.2. The van der Waals surface area contributed by atoms with E-state index in [0.29, 0.717) is 11.3 Å². The predicted molar refractivity (Wildman–Crippen MR) is 136 cm³/mol. The van der Waals surface area contributed by atoms with Gasteiger partial charge in [-0.2, -0.15) is 0 Å². The lowest BCUT2D eigenvalue weighted by Gasteiger charge is -2.37. The van der Waals surface area contributed by atoms with Crippen molar-refractivity contribution < 1.29 is 24.0 Å². The zero-order valence-electron chi connectivity index (χ0n) is 21.0. The van der Waals surface area contributed by atoms with Crippen LogP contribution in [0.3, 0.4) is 0 Å². The van der Waals surface area contributed by atoms with E-state index in [1.165, 1.54) is 11.3 Å². The van der Waals surface area contributed by atoms with Gasteiger partial charge in [-0.15, -0.1) is 11.3 Å². The minimum absolute atomic E-state index is 0.255. The van der Waals surface area contributed by atoms with Crippen LogP contribution < -0.4 is 15.4 Å². The summed E-state index contributed by atoms with van der Waals surface area (Å²) in [6, 6.07) is 12.4. The molecule has 1 aromatic carbocycles. The highest BCUT2D eigenvalue weighted by molar-refractivity contribution is 7.23. The van der Waals surface area contributed by atoms with Crippen molar-refractivity contribution in [3.05, 3.63) is 52.9 Å². The van der Waals surface area contributed by atoms with Gasteiger partial charge in [0, 0.05) is 4.78 Å². The summed E-state index contributed by atoms with van der Waals surface area (Å²) < 4.78 is 13.0. The average molecular weight is 486 g/mol. The molecule has 1 aromatic heterocycles. The Morgan fingerprint density at radius 1 is 1.00 bits per heavy atom. The lowest BCUT2D eigenvalue weighted by Crippen LogP contribution is -2.58. The molecule has 0 saturated carbocycles. The average Bonchev–Trinajstić information content (AvgIpc) is 3.28. The molecular weight excluding hydrogens is 451 g/mol. The lowest BCUT2D eigenvalue weighted by atomic mass is 9.80. The van der Waals surface area contributed by atoms with Crippen molar-refractivity contribution in [3.63, 3.8) is 0 Å². The molecule has 34 heavy (non-hydrogen) atoms. The van der Waals surface area contributed by atoms with Crippen molar-refractivity contribution in [1.82, 2.24) is 10.6 Å². The number of benzene rings is 1. The third-order valence-corrected chi connectivity index (χ3v) is 7.67. The number of carbonyl (C=O) groups is 2. The summed E-state index contributed by atoms with van der Waals surface area (Å²) in [7, 11) is -0.535. The van der Waals surface area contributed by atoms with E-state index < -0.39 is 41.9 Å². The van der Waals surface area contributed by atoms with Gasteiger partial charge in [0.05, 0.1) is 28.2 Å². The molecule has 2 atom stereocenters. The highest BCUT2D eigenvalue weighted by Gasteiger charge is 2.52. The fourth-order valence-corrected chi connectivity index (χ4v) is 4.84. The molecule has 184 valence electrons. The first-order valence-electron chi connectivity index (χ1n) is 11.5. The van der Waals surface area contributed by atoms with E-state index in [1.807, 2.05) is 84.9 Å². The van der Waals surface area contributed by atoms with Crippen molar-refractivity contribution in [1.29, 1.82) is 0 Å². The summed E-state index contributed by atoms with van der Waals surface area (Å²) in [5.74, 6) is -0.255. The van der Waals surface area contributed by atoms with E-state index >= 15 is 0 Å². The highest BCUT2D eigenvalue weighted by atomic mass is 32.1. The second-order valence-electron chi connectivity index (χ2n) is 10.9. The topological polar surface area (TPSA) is 96.9 Å². The quantitative estimate of drug-likeness (QED) is 0.513. The molecule has 1 saturated heterocycles. The predicted octanol–water partition coefficient (Wildman–Crippen LogP) is 4.07. The van der Waals surface area contributed by atoms with Gasteiger partial charge in [-0.1, -0.05) is 57.2 Å². The van der Waals surface area contributed by atoms with Crippen molar-refractivity contribution >= 4 is 35.2 Å². The second kappa shape index (κ2) is 9.72. The summed E-state index contributed by atoms with van der Waals surface area (Å²) in [6.07, 6.45) is -0.629. The third-order valence-electron chi connectivity index (χ3n) is 6.57. The number of carbonyl (C=O) groups excluding carboxylic acids is 1. The van der Waals surface area contributed by atoms with Crippen molar-refractivity contribution in [2.24, 2.45) is 5.41 Å². The van der Waals surface area contributed by atoms with E-state index in [0.717, 1.165) is 10.3 Å². The molecule has 7 nitrogen and oxygen atoms in total. The van der Waals surface area contributed by atoms with E-state index in [9.17, 15) is 14.7 Å². The Labute approximate surface area is 206 Å². The van der Waals surface area contributed by atoms with Gasteiger partial charge in [-0.05, 0) is 51.2 Å². The molecular formula is C25H35BN2O5S. The third kappa shape index (κ3) is 6.01. The Kier molecular flexibility index (Phi) is 7.50. The summed E-state index contributed by atoms with van der Waals surface area (Å²) in [5.41, 5.74) is -0.340. The zero-order chi connectivity index (χ0) is 25.3. The van der Waals surface area contributed by atoms with Crippen molar-refractivity contribution in [2.45, 2.75) is 78.2 Å². The minimum atomic E-state index is -1.12. The monoisotopic (exact) mass is 486 g/mol. The van der Waals surface area contributed by atoms with Gasteiger partial charge in [-0.25, -0.2) is 4.79 Å². The van der Waals surface area contributed by atoms with Crippen LogP contribution in [0.25, 0.3) is 0 Å². The Bertz CT molecular complexity index is 1000. The molecule has 0 spiro atoms. The molecule has 9 heteroatoms. The Morgan fingerprint density at radius 2 is 1.59 bits per heavy atom. The van der Waals surface area contributed by atoms with Crippen LogP contribution in [0.15, 0.2) is 42.5 Å². The van der Waals surface area contributed by atoms with Crippen LogP contribution in [-0.2, 0) is 15.7 Å². The van der Waals surface area contributed by atoms with Crippen molar-refractivity contribution in [3.8, 4) is 0 Å². The first kappa shape index (κ1) is 26.3. The lowest BCUT2D eigenvalue weighted by molar-refractivity contribution is 0.00578. The van der Waals surface area contributed by atoms with Crippen LogP contribution >= 0.6 is 11.3 Å². The van der Waals surface area contributed by atoms with Gasteiger partial charge >= 0.3 is 13.2 Å². The van der Waals surface area contributed by atoms with Gasteiger partial charge in [0.1, 0.15) is 0 Å². The van der Waals surface area contributed by atoms with Crippen LogP contribution in [-0.4, -0.2) is 47.5 Å². The smallest absolute Gasteiger partial charge is 0.465 e. The van der Waals surface area contributed by atoms with Crippen molar-refractivity contribution in [2.75, 3.05) is 0 Å². The molecule has 1 aliphatic heterocycles. The standard InChI is InChI=1S/C25H35BN2O5S/c1-23(2,3)20(28-22(30)31)17(15-16-11-9-8-10-12-16)27-21(29)18-13-14-19(34-18)26-32-24(4,5)25(6,7)33-26/h8-14,17,20,28H,15H2,1-7H3,(H,27,29)(H,30,31). The van der Waals surface area contributed by atoms with Gasteiger partial charge in [0.15, 0.2) is 0 Å². The van der Waals surface area contributed by atoms with E-state index in [-0.39, 0.29) is 5.91 Å². The number of amides is 2. The number of rotatable bonds is 7. The van der Waals surface area contributed by atoms with Crippen LogP contribution in [0.2, 0.25) is 0 Å². The van der Waals surface area contributed by atoms with E-state index in [2.05, 4.69) is 10.6 Å². The van der Waals surface area contributed by atoms with E-state index in [1.54, 1.807) is 6.07 Å². The molecule has 3 rings (SSSR count). The summed E-state index contributed by atoms with van der Waals surface area (Å²) in [6.45, 7) is 13.8. The Morgan fingerprint density at radius 3 is 2.12 bits per heavy atom. The first-order valence-corrected chi connectivity index (χ1v) is 12.3. The van der Waals surface area contributed by atoms with Gasteiger partial charge in [0.2, 0.25) is 0 Å². The molecule has 2 unspecified atom stereocenters. The van der Waals surface area contributed by atoms with Gasteiger partial charge < -0.3 is 25.0 Å². The molecule has 1 fully saturated rings. The Balaban J connectivity index is 1.82. The molecule has 2 amide bonds. The number of carboxylic acid groups (broad SMARTS) is 1. The SMILES string of the molecule is CC(C)(C)C(NC(=O)O)C(Cc1ccccc1)NC(=O)c1ccc(B2OC(C)(C)C(C)(C)O2)s1. The Hall–Kier alpha value is -2.36. The molecule has 2 aromatic rings. The molecule has 0 aliphatic carbocycles. The molecule has 2 heterocycles. The van der Waals surface area contributed by atoms with E-state index in [4.69, 9.17) is 9.31 Å². The molecule has 1 aliphatic rings. The van der Waals surface area contributed by atoms with Crippen LogP contribution in [0.1, 0.15) is 63.7 Å². The summed E-state index contributed by atoms with van der Waals surface area (Å²) in [4.78, 5) is 25.4. The second-order valence-corrected chi connectivity index (χ2v) is 12.0. The van der Waals surface area contributed by atoms with Crippen LogP contribution in [0.4, 0.5) is 4.79 Å². The fourth-order valence-electron chi connectivity index (χ4n) is 3.97. The van der Waals surface area contributed by atoms with Gasteiger partial charge in [-0.3, -0.25) is 4.79 Å². The largest absolute Gasteiger partial charge is 0.505 e. The number of hydrogen-bond donors (Lipinski definition) is 3. The first-order chi connectivity index (χ1) is 15.7.